The molecular formula is C58H112O17P2. The number of unbranched alkanes of at least 4 members (excludes halogenated alkanes) is 22. The van der Waals surface area contributed by atoms with Crippen molar-refractivity contribution >= 4 is 39.5 Å². The molecule has 3 N–H and O–H groups in total. The average Bonchev–Trinajstić information content (AvgIpc) is 3.39. The van der Waals surface area contributed by atoms with E-state index in [-0.39, 0.29) is 25.7 Å². The normalized spacial score (nSPS) is 15.3. The van der Waals surface area contributed by atoms with Crippen LogP contribution in [0, 0.1) is 17.8 Å². The van der Waals surface area contributed by atoms with Crippen LogP contribution in [-0.4, -0.2) is 96.7 Å². The van der Waals surface area contributed by atoms with Gasteiger partial charge in [-0.1, -0.05) is 222 Å². The Morgan fingerprint density at radius 3 is 0.987 bits per heavy atom. The molecule has 0 aliphatic rings. The standard InChI is InChI=1S/C58H112O17P2/c1-8-11-12-22-32-39-55(60)68-45-53(75-58(63)42-35-28-21-20-25-31-38-51(7)10-3)47-72-76(64,65)70-43-52(59)44-71-77(66,67)73-48-54(46-69-56(61)40-33-26-19-15-16-23-29-36-49(4)5)74-57(62)41-34-27-18-14-13-17-24-30-37-50(6)9-2/h49-54,59H,8-48H2,1-7H3,(H,64,65)(H,66,67)/t50?,51?,52-,53+,54+/m0/s1. The molecule has 0 aromatic carbocycles. The van der Waals surface area contributed by atoms with Gasteiger partial charge in [0.1, 0.15) is 19.3 Å². The molecule has 77 heavy (non-hydrogen) atoms. The molecule has 4 unspecified atom stereocenters. The van der Waals surface area contributed by atoms with Crippen molar-refractivity contribution in [3.63, 3.8) is 0 Å². The summed E-state index contributed by atoms with van der Waals surface area (Å²) >= 11 is 0. The maximum absolute atomic E-state index is 12.9. The van der Waals surface area contributed by atoms with Crippen molar-refractivity contribution in [3.8, 4) is 0 Å². The lowest BCUT2D eigenvalue weighted by atomic mass is 9.99. The quantitative estimate of drug-likeness (QED) is 0.0222. The topological polar surface area (TPSA) is 237 Å². The molecule has 17 nitrogen and oxygen atoms in total. The van der Waals surface area contributed by atoms with Crippen LogP contribution in [0.5, 0.6) is 0 Å². The Bertz CT molecular complexity index is 1550. The highest BCUT2D eigenvalue weighted by Crippen LogP contribution is 2.45. The molecule has 19 heteroatoms. The van der Waals surface area contributed by atoms with E-state index in [0.29, 0.717) is 31.6 Å². The number of aliphatic hydroxyl groups excluding tert-OH is 1. The van der Waals surface area contributed by atoms with E-state index in [9.17, 15) is 43.2 Å². The molecule has 0 saturated carbocycles. The predicted octanol–water partition coefficient (Wildman–Crippen LogP) is 15.2. The number of rotatable bonds is 56. The molecule has 0 aromatic rings. The van der Waals surface area contributed by atoms with Gasteiger partial charge in [-0.3, -0.25) is 37.3 Å². The van der Waals surface area contributed by atoms with E-state index < -0.39 is 97.5 Å². The second-order valence-corrected chi connectivity index (χ2v) is 24.9. The average molecular weight is 1140 g/mol. The number of carbonyl (C=O) groups is 4. The summed E-state index contributed by atoms with van der Waals surface area (Å²) < 4.78 is 67.5. The van der Waals surface area contributed by atoms with Crippen molar-refractivity contribution in [2.45, 2.75) is 292 Å². The van der Waals surface area contributed by atoms with E-state index in [1.807, 2.05) is 0 Å². The van der Waals surface area contributed by atoms with E-state index in [1.54, 1.807) is 0 Å². The van der Waals surface area contributed by atoms with Gasteiger partial charge in [-0.05, 0) is 43.4 Å². The lowest BCUT2D eigenvalue weighted by Crippen LogP contribution is -2.30. The number of carbonyl (C=O) groups excluding carboxylic acids is 4. The van der Waals surface area contributed by atoms with Crippen molar-refractivity contribution < 1.29 is 80.2 Å². The number of ether oxygens (including phenoxy) is 4. The van der Waals surface area contributed by atoms with Crippen molar-refractivity contribution in [2.24, 2.45) is 17.8 Å². The summed E-state index contributed by atoms with van der Waals surface area (Å²) in [5.74, 6) is 0.0359. The second-order valence-electron chi connectivity index (χ2n) is 22.0. The number of hydrogen-bond acceptors (Lipinski definition) is 15. The maximum Gasteiger partial charge on any atom is 0.472 e. The van der Waals surface area contributed by atoms with Crippen LogP contribution in [-0.2, 0) is 65.4 Å². The summed E-state index contributed by atoms with van der Waals surface area (Å²) in [5, 5.41) is 10.5. The number of esters is 4. The van der Waals surface area contributed by atoms with Crippen LogP contribution in [0.2, 0.25) is 0 Å². The fourth-order valence-corrected chi connectivity index (χ4v) is 9.93. The third-order valence-electron chi connectivity index (χ3n) is 13.9. The van der Waals surface area contributed by atoms with Crippen LogP contribution in [0.15, 0.2) is 0 Å². The van der Waals surface area contributed by atoms with Gasteiger partial charge in [0.15, 0.2) is 12.2 Å². The van der Waals surface area contributed by atoms with Gasteiger partial charge in [0.2, 0.25) is 0 Å². The van der Waals surface area contributed by atoms with Crippen LogP contribution in [0.3, 0.4) is 0 Å². The number of phosphoric ester groups is 2. The highest BCUT2D eigenvalue weighted by molar-refractivity contribution is 7.47. The molecule has 0 radical (unpaired) electrons. The lowest BCUT2D eigenvalue weighted by molar-refractivity contribution is -0.161. The van der Waals surface area contributed by atoms with Crippen molar-refractivity contribution in [1.82, 2.24) is 0 Å². The number of phosphoric acid groups is 2. The molecule has 0 aliphatic carbocycles. The van der Waals surface area contributed by atoms with Crippen molar-refractivity contribution in [3.05, 3.63) is 0 Å². The van der Waals surface area contributed by atoms with E-state index in [1.165, 1.54) is 70.6 Å². The minimum atomic E-state index is -4.94. The van der Waals surface area contributed by atoms with E-state index in [2.05, 4.69) is 48.5 Å². The van der Waals surface area contributed by atoms with E-state index >= 15 is 0 Å². The molecule has 0 amide bonds. The van der Waals surface area contributed by atoms with Crippen LogP contribution in [0.25, 0.3) is 0 Å². The minimum Gasteiger partial charge on any atom is -0.462 e. The summed E-state index contributed by atoms with van der Waals surface area (Å²) in [6.45, 7) is 11.5. The fraction of sp³-hybridized carbons (Fsp3) is 0.931. The van der Waals surface area contributed by atoms with Gasteiger partial charge in [0.05, 0.1) is 26.4 Å². The Labute approximate surface area is 467 Å². The molecule has 0 bridgehead atoms. The summed E-state index contributed by atoms with van der Waals surface area (Å²) in [5.41, 5.74) is 0. The molecule has 456 valence electrons. The monoisotopic (exact) mass is 1140 g/mol. The van der Waals surface area contributed by atoms with Gasteiger partial charge in [0, 0.05) is 25.7 Å². The van der Waals surface area contributed by atoms with Crippen LogP contribution < -0.4 is 0 Å². The SMILES string of the molecule is CCCCCCCC(=O)OC[C@H](COP(=O)(O)OC[C@H](O)COP(=O)(O)OC[C@@H](COC(=O)CCCCCCCCCC(C)C)OC(=O)CCCCCCCCCCC(C)CC)OC(=O)CCCCCCCCC(C)CC. The maximum atomic E-state index is 12.9. The molecule has 0 rings (SSSR count). The van der Waals surface area contributed by atoms with Gasteiger partial charge in [-0.15, -0.1) is 0 Å². The Morgan fingerprint density at radius 2 is 0.662 bits per heavy atom. The minimum absolute atomic E-state index is 0.101. The Hall–Kier alpha value is -1.94. The Morgan fingerprint density at radius 1 is 0.377 bits per heavy atom. The molecule has 7 atom stereocenters. The molecule has 0 fully saturated rings. The first kappa shape index (κ1) is 75.1. The molecule has 0 saturated heterocycles. The first-order valence-corrected chi connectivity index (χ1v) is 33.4. The van der Waals surface area contributed by atoms with E-state index in [0.717, 1.165) is 115 Å². The smallest absolute Gasteiger partial charge is 0.462 e. The van der Waals surface area contributed by atoms with Gasteiger partial charge in [-0.2, -0.15) is 0 Å². The predicted molar refractivity (Wildman–Crippen MR) is 303 cm³/mol. The highest BCUT2D eigenvalue weighted by Gasteiger charge is 2.30. The summed E-state index contributed by atoms with van der Waals surface area (Å²) in [4.78, 5) is 71.7. The van der Waals surface area contributed by atoms with Crippen LogP contribution >= 0.6 is 15.6 Å². The van der Waals surface area contributed by atoms with Gasteiger partial charge < -0.3 is 33.8 Å². The van der Waals surface area contributed by atoms with E-state index in [4.69, 9.17) is 37.0 Å². The Kier molecular flexibility index (Phi) is 48.6. The molecule has 0 heterocycles. The number of hydrogen-bond donors (Lipinski definition) is 3. The van der Waals surface area contributed by atoms with Crippen LogP contribution in [0.1, 0.15) is 273 Å². The highest BCUT2D eigenvalue weighted by atomic mass is 31.2. The molecule has 0 aromatic heterocycles. The van der Waals surface area contributed by atoms with Crippen LogP contribution in [0.4, 0.5) is 0 Å². The molecule has 0 spiro atoms. The molecular weight excluding hydrogens is 1030 g/mol. The third kappa shape index (κ3) is 50.7. The van der Waals surface area contributed by atoms with Crippen molar-refractivity contribution in [1.29, 1.82) is 0 Å². The zero-order chi connectivity index (χ0) is 57.4. The van der Waals surface area contributed by atoms with Crippen molar-refractivity contribution in [2.75, 3.05) is 39.6 Å². The summed E-state index contributed by atoms with van der Waals surface area (Å²) in [6, 6.07) is 0. The first-order valence-electron chi connectivity index (χ1n) is 30.4. The zero-order valence-electron chi connectivity index (χ0n) is 49.4. The number of aliphatic hydroxyl groups is 1. The van der Waals surface area contributed by atoms with Gasteiger partial charge in [0.25, 0.3) is 0 Å². The largest absolute Gasteiger partial charge is 0.472 e. The third-order valence-corrected chi connectivity index (χ3v) is 15.8. The lowest BCUT2D eigenvalue weighted by Gasteiger charge is -2.21. The summed E-state index contributed by atoms with van der Waals surface area (Å²) in [7, 11) is -9.87. The fourth-order valence-electron chi connectivity index (χ4n) is 8.35. The Balaban J connectivity index is 5.21. The van der Waals surface area contributed by atoms with Gasteiger partial charge >= 0.3 is 39.5 Å². The van der Waals surface area contributed by atoms with Gasteiger partial charge in [-0.25, -0.2) is 9.13 Å². The molecule has 0 aliphatic heterocycles. The summed E-state index contributed by atoms with van der Waals surface area (Å²) in [6.07, 6.45) is 28.4. The first-order chi connectivity index (χ1) is 36.8. The second kappa shape index (κ2) is 49.8. The zero-order valence-corrected chi connectivity index (χ0v) is 51.2.